The Balaban J connectivity index is 1.97. The minimum Gasteiger partial charge on any atom is -0.381 e. The highest BCUT2D eigenvalue weighted by Gasteiger charge is 2.37. The maximum atomic E-state index is 6.16. The number of rotatable bonds is 7. The first-order valence-corrected chi connectivity index (χ1v) is 5.53. The zero-order valence-corrected chi connectivity index (χ0v) is 9.01. The van der Waals surface area contributed by atoms with Crippen LogP contribution in [-0.2, 0) is 4.74 Å². The highest BCUT2D eigenvalue weighted by Crippen LogP contribution is 2.39. The van der Waals surface area contributed by atoms with Crippen molar-refractivity contribution in [2.75, 3.05) is 13.2 Å². The molecule has 0 aliphatic heterocycles. The normalized spacial score (nSPS) is 21.5. The lowest BCUT2D eigenvalue weighted by Crippen LogP contribution is -2.39. The Hall–Kier alpha value is -0.0800. The molecule has 1 saturated carbocycles. The minimum atomic E-state index is 0.0339. The van der Waals surface area contributed by atoms with Crippen molar-refractivity contribution in [3.63, 3.8) is 0 Å². The van der Waals surface area contributed by atoms with Crippen LogP contribution in [0.15, 0.2) is 0 Å². The molecule has 13 heavy (non-hydrogen) atoms. The standard InChI is InChI=1S/C11H23NO/c1-3-4-8-13-9-7-11(2,12)10-5-6-10/h10H,3-9,12H2,1-2H3. The molecule has 0 amide bonds. The first-order valence-electron chi connectivity index (χ1n) is 5.53. The molecule has 0 radical (unpaired) electrons. The minimum absolute atomic E-state index is 0.0339. The van der Waals surface area contributed by atoms with Gasteiger partial charge in [0.1, 0.15) is 0 Å². The monoisotopic (exact) mass is 185 g/mol. The molecule has 0 saturated heterocycles. The molecule has 1 atom stereocenters. The summed E-state index contributed by atoms with van der Waals surface area (Å²) in [4.78, 5) is 0. The lowest BCUT2D eigenvalue weighted by molar-refractivity contribution is 0.110. The average molecular weight is 185 g/mol. The van der Waals surface area contributed by atoms with Crippen LogP contribution in [0.2, 0.25) is 0 Å². The van der Waals surface area contributed by atoms with Crippen molar-refractivity contribution in [1.29, 1.82) is 0 Å². The average Bonchev–Trinajstić information content (AvgIpc) is 2.86. The molecule has 2 N–H and O–H groups in total. The Kier molecular flexibility index (Phi) is 4.20. The molecule has 1 aliphatic rings. The molecular formula is C11H23NO. The lowest BCUT2D eigenvalue weighted by atomic mass is 9.94. The lowest BCUT2D eigenvalue weighted by Gasteiger charge is -2.24. The van der Waals surface area contributed by atoms with Crippen LogP contribution >= 0.6 is 0 Å². The highest BCUT2D eigenvalue weighted by molar-refractivity contribution is 4.94. The van der Waals surface area contributed by atoms with Crippen LogP contribution in [0.25, 0.3) is 0 Å². The van der Waals surface area contributed by atoms with E-state index in [1.165, 1.54) is 25.7 Å². The summed E-state index contributed by atoms with van der Waals surface area (Å²) in [5.74, 6) is 0.766. The zero-order chi connectivity index (χ0) is 9.73. The second-order valence-electron chi connectivity index (χ2n) is 4.50. The first kappa shape index (κ1) is 11.0. The van der Waals surface area contributed by atoms with E-state index in [9.17, 15) is 0 Å². The third-order valence-electron chi connectivity index (χ3n) is 2.94. The SMILES string of the molecule is CCCCOCCC(C)(N)C1CC1. The number of unbranched alkanes of at least 4 members (excludes halogenated alkanes) is 1. The van der Waals surface area contributed by atoms with Gasteiger partial charge in [0.2, 0.25) is 0 Å². The van der Waals surface area contributed by atoms with Crippen LogP contribution in [0, 0.1) is 5.92 Å². The van der Waals surface area contributed by atoms with E-state index >= 15 is 0 Å². The van der Waals surface area contributed by atoms with E-state index in [1.54, 1.807) is 0 Å². The zero-order valence-electron chi connectivity index (χ0n) is 9.01. The smallest absolute Gasteiger partial charge is 0.0483 e. The van der Waals surface area contributed by atoms with Gasteiger partial charge in [-0.2, -0.15) is 0 Å². The maximum absolute atomic E-state index is 6.16. The predicted octanol–water partition coefficient (Wildman–Crippen LogP) is 2.32. The summed E-state index contributed by atoms with van der Waals surface area (Å²) >= 11 is 0. The fraction of sp³-hybridized carbons (Fsp3) is 1.00. The quantitative estimate of drug-likeness (QED) is 0.618. The fourth-order valence-electron chi connectivity index (χ4n) is 1.59. The van der Waals surface area contributed by atoms with Crippen molar-refractivity contribution >= 4 is 0 Å². The third kappa shape index (κ3) is 4.10. The van der Waals surface area contributed by atoms with Crippen molar-refractivity contribution in [3.05, 3.63) is 0 Å². The molecule has 2 heteroatoms. The molecule has 1 fully saturated rings. The van der Waals surface area contributed by atoms with Crippen molar-refractivity contribution in [1.82, 2.24) is 0 Å². The maximum Gasteiger partial charge on any atom is 0.0483 e. The van der Waals surface area contributed by atoms with Gasteiger partial charge in [-0.25, -0.2) is 0 Å². The Bertz CT molecular complexity index is 141. The third-order valence-corrected chi connectivity index (χ3v) is 2.94. The van der Waals surface area contributed by atoms with Gasteiger partial charge in [-0.05, 0) is 38.5 Å². The molecule has 0 bridgehead atoms. The molecule has 0 spiro atoms. The van der Waals surface area contributed by atoms with Gasteiger partial charge in [0.05, 0.1) is 0 Å². The van der Waals surface area contributed by atoms with Crippen LogP contribution in [0.5, 0.6) is 0 Å². The number of hydrogen-bond donors (Lipinski definition) is 1. The predicted molar refractivity (Wildman–Crippen MR) is 55.7 cm³/mol. The number of hydrogen-bond acceptors (Lipinski definition) is 2. The van der Waals surface area contributed by atoms with Gasteiger partial charge in [0, 0.05) is 18.8 Å². The molecule has 1 unspecified atom stereocenters. The van der Waals surface area contributed by atoms with Crippen LogP contribution in [0.4, 0.5) is 0 Å². The van der Waals surface area contributed by atoms with Gasteiger partial charge < -0.3 is 10.5 Å². The number of ether oxygens (including phenoxy) is 1. The summed E-state index contributed by atoms with van der Waals surface area (Å²) in [5.41, 5.74) is 6.19. The molecule has 78 valence electrons. The van der Waals surface area contributed by atoms with E-state index in [-0.39, 0.29) is 5.54 Å². The molecular weight excluding hydrogens is 162 g/mol. The molecule has 0 aromatic rings. The van der Waals surface area contributed by atoms with Crippen molar-refractivity contribution in [2.45, 2.75) is 51.5 Å². The van der Waals surface area contributed by atoms with E-state index in [0.29, 0.717) is 0 Å². The van der Waals surface area contributed by atoms with Crippen molar-refractivity contribution < 1.29 is 4.74 Å². The Morgan fingerprint density at radius 2 is 2.08 bits per heavy atom. The fourth-order valence-corrected chi connectivity index (χ4v) is 1.59. The highest BCUT2D eigenvalue weighted by atomic mass is 16.5. The summed E-state index contributed by atoms with van der Waals surface area (Å²) < 4.78 is 5.51. The summed E-state index contributed by atoms with van der Waals surface area (Å²) in [5, 5.41) is 0. The summed E-state index contributed by atoms with van der Waals surface area (Å²) in [6.07, 6.45) is 6.04. The first-order chi connectivity index (χ1) is 6.17. The molecule has 2 nitrogen and oxygen atoms in total. The van der Waals surface area contributed by atoms with Gasteiger partial charge in [0.15, 0.2) is 0 Å². The Morgan fingerprint density at radius 1 is 1.38 bits per heavy atom. The van der Waals surface area contributed by atoms with Crippen molar-refractivity contribution in [3.8, 4) is 0 Å². The largest absolute Gasteiger partial charge is 0.381 e. The van der Waals surface area contributed by atoms with Crippen molar-refractivity contribution in [2.24, 2.45) is 11.7 Å². The molecule has 1 aliphatic carbocycles. The second-order valence-corrected chi connectivity index (χ2v) is 4.50. The molecule has 1 rings (SSSR count). The van der Waals surface area contributed by atoms with Crippen LogP contribution in [0.1, 0.15) is 46.0 Å². The molecule has 0 aromatic heterocycles. The van der Waals surface area contributed by atoms with Gasteiger partial charge in [-0.3, -0.25) is 0 Å². The van der Waals surface area contributed by atoms with Gasteiger partial charge in [0.25, 0.3) is 0 Å². The molecule has 0 aromatic carbocycles. The summed E-state index contributed by atoms with van der Waals surface area (Å²) in [6.45, 7) is 6.08. The van der Waals surface area contributed by atoms with Crippen LogP contribution < -0.4 is 5.73 Å². The summed E-state index contributed by atoms with van der Waals surface area (Å²) in [7, 11) is 0. The Morgan fingerprint density at radius 3 is 2.62 bits per heavy atom. The van der Waals surface area contributed by atoms with Crippen LogP contribution in [0.3, 0.4) is 0 Å². The molecule has 0 heterocycles. The topological polar surface area (TPSA) is 35.2 Å². The van der Waals surface area contributed by atoms with Crippen LogP contribution in [-0.4, -0.2) is 18.8 Å². The second kappa shape index (κ2) is 4.97. The number of nitrogens with two attached hydrogens (primary N) is 1. The van der Waals surface area contributed by atoms with Gasteiger partial charge >= 0.3 is 0 Å². The van der Waals surface area contributed by atoms with E-state index < -0.39 is 0 Å². The van der Waals surface area contributed by atoms with E-state index in [0.717, 1.165) is 25.6 Å². The summed E-state index contributed by atoms with van der Waals surface area (Å²) in [6, 6.07) is 0. The van der Waals surface area contributed by atoms with Gasteiger partial charge in [-0.15, -0.1) is 0 Å². The Labute approximate surface area is 81.8 Å². The van der Waals surface area contributed by atoms with Gasteiger partial charge in [-0.1, -0.05) is 13.3 Å². The van der Waals surface area contributed by atoms with E-state index in [2.05, 4.69) is 13.8 Å². The van der Waals surface area contributed by atoms with E-state index in [1.807, 2.05) is 0 Å². The van der Waals surface area contributed by atoms with E-state index in [4.69, 9.17) is 10.5 Å².